The highest BCUT2D eigenvalue weighted by molar-refractivity contribution is 8.15. The lowest BCUT2D eigenvalue weighted by molar-refractivity contribution is -0.127. The number of benzene rings is 1. The van der Waals surface area contributed by atoms with Gasteiger partial charge in [-0.05, 0) is 50.1 Å². The summed E-state index contributed by atoms with van der Waals surface area (Å²) in [6.45, 7) is 4.98. The number of carbonyl (C=O) groups excluding carboxylic acids is 2. The van der Waals surface area contributed by atoms with Gasteiger partial charge in [0.05, 0.1) is 11.8 Å². The van der Waals surface area contributed by atoms with E-state index in [4.69, 9.17) is 4.74 Å². The van der Waals surface area contributed by atoms with Crippen LogP contribution in [0.4, 0.5) is 10.6 Å². The SMILES string of the molecule is CC(C)N1C(=O)SC(Cc2ccc(OCCN(C)c3ccccn3)cc2)C1=O. The molecule has 2 aromatic rings. The van der Waals surface area contributed by atoms with Crippen LogP contribution >= 0.6 is 11.8 Å². The highest BCUT2D eigenvalue weighted by atomic mass is 32.2. The van der Waals surface area contributed by atoms with Crippen molar-refractivity contribution < 1.29 is 14.3 Å². The molecule has 0 aliphatic carbocycles. The number of aromatic nitrogens is 1. The topological polar surface area (TPSA) is 62.7 Å². The Labute approximate surface area is 169 Å². The number of hydrogen-bond acceptors (Lipinski definition) is 6. The van der Waals surface area contributed by atoms with E-state index in [1.54, 1.807) is 6.20 Å². The van der Waals surface area contributed by atoms with Crippen LogP contribution in [0.1, 0.15) is 19.4 Å². The van der Waals surface area contributed by atoms with Crippen LogP contribution in [-0.2, 0) is 11.2 Å². The molecule has 0 spiro atoms. The van der Waals surface area contributed by atoms with Gasteiger partial charge in [-0.2, -0.15) is 0 Å². The molecule has 1 aliphatic heterocycles. The lowest BCUT2D eigenvalue weighted by Gasteiger charge is -2.18. The third kappa shape index (κ3) is 4.84. The second kappa shape index (κ2) is 9.10. The summed E-state index contributed by atoms with van der Waals surface area (Å²) in [6, 6.07) is 13.4. The van der Waals surface area contributed by atoms with E-state index >= 15 is 0 Å². The van der Waals surface area contributed by atoms with E-state index < -0.39 is 0 Å². The largest absolute Gasteiger partial charge is 0.492 e. The van der Waals surface area contributed by atoms with Crippen molar-refractivity contribution in [2.45, 2.75) is 31.6 Å². The van der Waals surface area contributed by atoms with E-state index in [0.717, 1.165) is 35.4 Å². The Morgan fingerprint density at radius 3 is 2.54 bits per heavy atom. The van der Waals surface area contributed by atoms with E-state index in [0.29, 0.717) is 13.0 Å². The number of pyridine rings is 1. The van der Waals surface area contributed by atoms with Gasteiger partial charge in [-0.3, -0.25) is 14.5 Å². The Bertz CT molecular complexity index is 811. The molecule has 1 aliphatic rings. The van der Waals surface area contributed by atoms with Gasteiger partial charge in [0.1, 0.15) is 18.2 Å². The minimum atomic E-state index is -0.339. The summed E-state index contributed by atoms with van der Waals surface area (Å²) in [4.78, 5) is 32.1. The molecule has 2 amide bonds. The summed E-state index contributed by atoms with van der Waals surface area (Å²) in [6.07, 6.45) is 2.31. The predicted molar refractivity (Wildman–Crippen MR) is 112 cm³/mol. The molecule has 1 fully saturated rings. The molecule has 0 bridgehead atoms. The van der Waals surface area contributed by atoms with Gasteiger partial charge in [-0.25, -0.2) is 4.98 Å². The minimum Gasteiger partial charge on any atom is -0.492 e. The molecule has 6 nitrogen and oxygen atoms in total. The van der Waals surface area contributed by atoms with Crippen LogP contribution in [0.5, 0.6) is 5.75 Å². The third-order valence-electron chi connectivity index (χ3n) is 4.55. The molecule has 3 rings (SSSR count). The van der Waals surface area contributed by atoms with Gasteiger partial charge in [-0.1, -0.05) is 30.0 Å². The minimum absolute atomic E-state index is 0.0946. The van der Waals surface area contributed by atoms with Gasteiger partial charge in [0, 0.05) is 19.3 Å². The summed E-state index contributed by atoms with van der Waals surface area (Å²) >= 11 is 1.12. The maximum absolute atomic E-state index is 12.4. The number of hydrogen-bond donors (Lipinski definition) is 0. The Balaban J connectivity index is 1.49. The van der Waals surface area contributed by atoms with Gasteiger partial charge < -0.3 is 9.64 Å². The number of nitrogens with zero attached hydrogens (tertiary/aromatic N) is 3. The Morgan fingerprint density at radius 2 is 1.93 bits per heavy atom. The molecule has 0 radical (unpaired) electrons. The molecule has 0 N–H and O–H groups in total. The first kappa shape index (κ1) is 20.2. The maximum Gasteiger partial charge on any atom is 0.289 e. The van der Waals surface area contributed by atoms with Crippen LogP contribution in [0.15, 0.2) is 48.7 Å². The first-order chi connectivity index (χ1) is 13.5. The van der Waals surface area contributed by atoms with Crippen molar-refractivity contribution in [2.75, 3.05) is 25.1 Å². The van der Waals surface area contributed by atoms with Gasteiger partial charge in [0.2, 0.25) is 5.91 Å². The molecule has 0 saturated carbocycles. The van der Waals surface area contributed by atoms with Crippen LogP contribution in [0, 0.1) is 0 Å². The van der Waals surface area contributed by atoms with Crippen LogP contribution in [0.25, 0.3) is 0 Å². The number of ether oxygens (including phenoxy) is 1. The van der Waals surface area contributed by atoms with Crippen molar-refractivity contribution >= 4 is 28.7 Å². The van der Waals surface area contributed by atoms with Gasteiger partial charge in [-0.15, -0.1) is 0 Å². The Hall–Kier alpha value is -2.54. The van der Waals surface area contributed by atoms with Crippen molar-refractivity contribution in [1.29, 1.82) is 0 Å². The average Bonchev–Trinajstić information content (AvgIpc) is 2.97. The quantitative estimate of drug-likeness (QED) is 0.676. The van der Waals surface area contributed by atoms with Crippen molar-refractivity contribution in [3.05, 3.63) is 54.2 Å². The zero-order valence-electron chi connectivity index (χ0n) is 16.4. The van der Waals surface area contributed by atoms with Crippen molar-refractivity contribution in [1.82, 2.24) is 9.88 Å². The smallest absolute Gasteiger partial charge is 0.289 e. The van der Waals surface area contributed by atoms with E-state index in [2.05, 4.69) is 4.98 Å². The number of carbonyl (C=O) groups is 2. The number of rotatable bonds is 8. The van der Waals surface area contributed by atoms with E-state index in [1.165, 1.54) is 4.90 Å². The summed E-state index contributed by atoms with van der Waals surface area (Å²) in [5.74, 6) is 1.59. The Kier molecular flexibility index (Phi) is 6.57. The van der Waals surface area contributed by atoms with Crippen LogP contribution < -0.4 is 9.64 Å². The summed E-state index contributed by atoms with van der Waals surface area (Å²) in [7, 11) is 1.98. The number of amides is 2. The summed E-state index contributed by atoms with van der Waals surface area (Å²) in [5.41, 5.74) is 1.02. The standard InChI is InChI=1S/C21H25N3O3S/c1-15(2)24-20(25)18(28-21(24)26)14-16-7-9-17(10-8-16)27-13-12-23(3)19-6-4-5-11-22-19/h4-11,15,18H,12-14H2,1-3H3. The van der Waals surface area contributed by atoms with Crippen molar-refractivity contribution in [3.63, 3.8) is 0 Å². The molecule has 7 heteroatoms. The van der Waals surface area contributed by atoms with E-state index in [1.807, 2.05) is 68.3 Å². The predicted octanol–water partition coefficient (Wildman–Crippen LogP) is 3.61. The third-order valence-corrected chi connectivity index (χ3v) is 5.60. The fraction of sp³-hybridized carbons (Fsp3) is 0.381. The fourth-order valence-corrected chi connectivity index (χ4v) is 4.15. The molecule has 28 heavy (non-hydrogen) atoms. The first-order valence-corrected chi connectivity index (χ1v) is 10.2. The lowest BCUT2D eigenvalue weighted by atomic mass is 10.1. The van der Waals surface area contributed by atoms with Gasteiger partial charge >= 0.3 is 0 Å². The normalized spacial score (nSPS) is 16.7. The molecule has 1 aromatic carbocycles. The molecule has 1 aromatic heterocycles. The number of likely N-dealkylation sites (N-methyl/N-ethyl adjacent to an activating group) is 1. The molecular weight excluding hydrogens is 374 g/mol. The number of anilines is 1. The number of imide groups is 1. The van der Waals surface area contributed by atoms with Gasteiger partial charge in [0.15, 0.2) is 0 Å². The van der Waals surface area contributed by atoms with E-state index in [9.17, 15) is 9.59 Å². The lowest BCUT2D eigenvalue weighted by Crippen LogP contribution is -2.37. The monoisotopic (exact) mass is 399 g/mol. The molecule has 1 unspecified atom stereocenters. The second-order valence-corrected chi connectivity index (χ2v) is 8.13. The highest BCUT2D eigenvalue weighted by Gasteiger charge is 2.40. The average molecular weight is 400 g/mol. The van der Waals surface area contributed by atoms with Crippen LogP contribution in [0.2, 0.25) is 0 Å². The van der Waals surface area contributed by atoms with Crippen LogP contribution in [-0.4, -0.2) is 52.5 Å². The second-order valence-electron chi connectivity index (χ2n) is 6.98. The maximum atomic E-state index is 12.4. The molecule has 1 saturated heterocycles. The van der Waals surface area contributed by atoms with Crippen LogP contribution in [0.3, 0.4) is 0 Å². The number of thioether (sulfide) groups is 1. The Morgan fingerprint density at radius 1 is 1.18 bits per heavy atom. The fourth-order valence-electron chi connectivity index (χ4n) is 3.00. The van der Waals surface area contributed by atoms with Gasteiger partial charge in [0.25, 0.3) is 5.24 Å². The zero-order chi connectivity index (χ0) is 20.1. The summed E-state index contributed by atoms with van der Waals surface area (Å²) < 4.78 is 5.81. The van der Waals surface area contributed by atoms with E-state index in [-0.39, 0.29) is 22.4 Å². The molecule has 148 valence electrons. The van der Waals surface area contributed by atoms with Crippen molar-refractivity contribution in [3.8, 4) is 5.75 Å². The molecular formula is C21H25N3O3S. The zero-order valence-corrected chi connectivity index (χ0v) is 17.2. The van der Waals surface area contributed by atoms with Crippen molar-refractivity contribution in [2.24, 2.45) is 0 Å². The summed E-state index contributed by atoms with van der Waals surface area (Å²) in [5, 5.41) is -0.490. The molecule has 2 heterocycles. The molecule has 1 atom stereocenters. The highest BCUT2D eigenvalue weighted by Crippen LogP contribution is 2.31. The first-order valence-electron chi connectivity index (χ1n) is 9.33.